The average molecular weight is 426 g/mol. The van der Waals surface area contributed by atoms with Gasteiger partial charge in [-0.1, -0.05) is 0 Å². The van der Waals surface area contributed by atoms with Gasteiger partial charge in [-0.25, -0.2) is 13.8 Å². The van der Waals surface area contributed by atoms with Crippen LogP contribution in [0.2, 0.25) is 0 Å². The minimum atomic E-state index is -1.16. The van der Waals surface area contributed by atoms with Gasteiger partial charge < -0.3 is 19.8 Å². The van der Waals surface area contributed by atoms with Crippen molar-refractivity contribution in [1.29, 1.82) is 0 Å². The lowest BCUT2D eigenvalue weighted by atomic mass is 9.89. The van der Waals surface area contributed by atoms with Gasteiger partial charge in [-0.3, -0.25) is 4.79 Å². The van der Waals surface area contributed by atoms with E-state index in [0.717, 1.165) is 38.9 Å². The first-order valence-corrected chi connectivity index (χ1v) is 11.1. The maximum Gasteiger partial charge on any atom is 0.261 e. The maximum atomic E-state index is 14.6. The largest absolute Gasteiger partial charge is 0.381 e. The van der Waals surface area contributed by atoms with Crippen molar-refractivity contribution < 1.29 is 18.3 Å². The van der Waals surface area contributed by atoms with Gasteiger partial charge >= 0.3 is 0 Å². The second-order valence-electron chi connectivity index (χ2n) is 7.47. The van der Waals surface area contributed by atoms with Crippen LogP contribution >= 0.6 is 11.8 Å². The molecule has 1 aromatic carbocycles. The van der Waals surface area contributed by atoms with Crippen molar-refractivity contribution in [2.24, 2.45) is 0 Å². The molecule has 4 rings (SSSR count). The molecule has 158 valence electrons. The number of aromatic nitrogens is 2. The fraction of sp³-hybridized carbons (Fsp3) is 0.600. The van der Waals surface area contributed by atoms with Crippen LogP contribution in [-0.2, 0) is 15.2 Å². The summed E-state index contributed by atoms with van der Waals surface area (Å²) in [6, 6.07) is 1.45. The van der Waals surface area contributed by atoms with Crippen LogP contribution in [0.4, 0.5) is 14.5 Å². The summed E-state index contributed by atoms with van der Waals surface area (Å²) < 4.78 is 39.9. The predicted octanol–water partition coefficient (Wildman–Crippen LogP) is 3.59. The molecule has 9 heteroatoms. The summed E-state index contributed by atoms with van der Waals surface area (Å²) in [7, 11) is 0. The van der Waals surface area contributed by atoms with Crippen LogP contribution in [0.15, 0.2) is 10.9 Å². The minimum absolute atomic E-state index is 0.0171. The van der Waals surface area contributed by atoms with E-state index in [1.54, 1.807) is 11.8 Å². The molecule has 2 aromatic rings. The van der Waals surface area contributed by atoms with E-state index in [9.17, 15) is 13.6 Å². The van der Waals surface area contributed by atoms with Crippen LogP contribution in [0.3, 0.4) is 0 Å². The Hall–Kier alpha value is -1.71. The van der Waals surface area contributed by atoms with Crippen molar-refractivity contribution >= 4 is 28.4 Å². The third kappa shape index (κ3) is 4.57. The first-order chi connectivity index (χ1) is 14.0. The molecule has 1 aliphatic heterocycles. The molecule has 0 bridgehead atoms. The summed E-state index contributed by atoms with van der Waals surface area (Å²) in [6.07, 6.45) is 3.55. The van der Waals surface area contributed by atoms with Crippen LogP contribution in [0, 0.1) is 11.6 Å². The zero-order valence-corrected chi connectivity index (χ0v) is 17.1. The zero-order valence-electron chi connectivity index (χ0n) is 16.3. The van der Waals surface area contributed by atoms with Gasteiger partial charge in [0, 0.05) is 31.1 Å². The topological polar surface area (TPSA) is 76.2 Å². The van der Waals surface area contributed by atoms with E-state index in [2.05, 4.69) is 15.3 Å². The summed E-state index contributed by atoms with van der Waals surface area (Å²) in [5.41, 5.74) is -0.449. The van der Waals surface area contributed by atoms with Crippen molar-refractivity contribution in [3.05, 3.63) is 33.9 Å². The van der Waals surface area contributed by atoms with E-state index in [1.165, 1.54) is 6.07 Å². The lowest BCUT2D eigenvalue weighted by molar-refractivity contribution is 0.00293. The van der Waals surface area contributed by atoms with E-state index in [-0.39, 0.29) is 28.7 Å². The first kappa shape index (κ1) is 20.6. The van der Waals surface area contributed by atoms with E-state index in [1.807, 2.05) is 6.92 Å². The Morgan fingerprint density at radius 3 is 2.79 bits per heavy atom. The third-order valence-electron chi connectivity index (χ3n) is 5.41. The van der Waals surface area contributed by atoms with Crippen molar-refractivity contribution in [1.82, 2.24) is 9.97 Å². The van der Waals surface area contributed by atoms with E-state index < -0.39 is 17.2 Å². The number of anilines is 1. The highest BCUT2D eigenvalue weighted by atomic mass is 32.2. The molecule has 6 nitrogen and oxygen atoms in total. The van der Waals surface area contributed by atoms with E-state index in [0.29, 0.717) is 23.4 Å². The number of fused-ring (bicyclic) bond motifs is 1. The van der Waals surface area contributed by atoms with Gasteiger partial charge in [0.05, 0.1) is 23.1 Å². The van der Waals surface area contributed by atoms with Crippen LogP contribution in [-0.4, -0.2) is 47.2 Å². The standard InChI is InChI=1S/C20H25F2N3O3S/c1-2-28-12-7-11(8-12)23-15-9-14-17(19(22)18(15)21)20(26)25-16(24-14)10-29-13-3-5-27-6-4-13/h9,11-13,23H,2-8,10H2,1H3,(H,24,25,26)/t11-,12+. The summed E-state index contributed by atoms with van der Waals surface area (Å²) in [6.45, 7) is 4.05. The summed E-state index contributed by atoms with van der Waals surface area (Å²) in [5, 5.41) is 3.13. The maximum absolute atomic E-state index is 14.6. The SMILES string of the molecule is CCO[C@H]1C[C@@H](Nc2cc3nc(CSC4CCOCC4)[nH]c(=O)c3c(F)c2F)C1. The summed E-state index contributed by atoms with van der Waals surface area (Å²) in [5.74, 6) is -1.23. The smallest absolute Gasteiger partial charge is 0.261 e. The number of ether oxygens (including phenoxy) is 2. The van der Waals surface area contributed by atoms with Crippen molar-refractivity contribution in [2.75, 3.05) is 25.1 Å². The Balaban J connectivity index is 1.53. The van der Waals surface area contributed by atoms with Gasteiger partial charge in [-0.2, -0.15) is 11.8 Å². The van der Waals surface area contributed by atoms with Gasteiger partial charge in [-0.05, 0) is 38.7 Å². The van der Waals surface area contributed by atoms with E-state index >= 15 is 0 Å². The van der Waals surface area contributed by atoms with Crippen molar-refractivity contribution in [2.45, 2.75) is 55.8 Å². The molecule has 2 heterocycles. The van der Waals surface area contributed by atoms with Crippen molar-refractivity contribution in [3.63, 3.8) is 0 Å². The quantitative estimate of drug-likeness (QED) is 0.706. The van der Waals surface area contributed by atoms with Crippen LogP contribution in [0.25, 0.3) is 10.9 Å². The van der Waals surface area contributed by atoms with Gasteiger partial charge in [0.15, 0.2) is 11.6 Å². The molecule has 2 N–H and O–H groups in total. The highest BCUT2D eigenvalue weighted by Gasteiger charge is 2.31. The molecule has 1 saturated carbocycles. The molecule has 2 aliphatic rings. The molecule has 1 aliphatic carbocycles. The molecule has 29 heavy (non-hydrogen) atoms. The fourth-order valence-electron chi connectivity index (χ4n) is 3.77. The van der Waals surface area contributed by atoms with Crippen LogP contribution in [0.1, 0.15) is 38.4 Å². The minimum Gasteiger partial charge on any atom is -0.381 e. The van der Waals surface area contributed by atoms with E-state index in [4.69, 9.17) is 9.47 Å². The number of nitrogens with one attached hydrogen (secondary N) is 2. The average Bonchev–Trinajstić information content (AvgIpc) is 2.69. The summed E-state index contributed by atoms with van der Waals surface area (Å²) in [4.78, 5) is 19.4. The zero-order chi connectivity index (χ0) is 20.4. The molecular weight excluding hydrogens is 400 g/mol. The number of H-pyrrole nitrogens is 1. The number of hydrogen-bond acceptors (Lipinski definition) is 6. The third-order valence-corrected chi connectivity index (χ3v) is 6.79. The normalized spacial score (nSPS) is 22.6. The van der Waals surface area contributed by atoms with Gasteiger partial charge in [0.25, 0.3) is 5.56 Å². The highest BCUT2D eigenvalue weighted by Crippen LogP contribution is 2.31. The van der Waals surface area contributed by atoms with Gasteiger partial charge in [0.1, 0.15) is 11.2 Å². The van der Waals surface area contributed by atoms with Crippen LogP contribution in [0.5, 0.6) is 0 Å². The number of aromatic amines is 1. The molecular formula is C20H25F2N3O3S. The van der Waals surface area contributed by atoms with Gasteiger partial charge in [0.2, 0.25) is 0 Å². The monoisotopic (exact) mass is 425 g/mol. The van der Waals surface area contributed by atoms with Gasteiger partial charge in [-0.15, -0.1) is 0 Å². The number of halogens is 2. The first-order valence-electron chi connectivity index (χ1n) is 10.0. The molecule has 0 radical (unpaired) electrons. The molecule has 0 atom stereocenters. The number of nitrogens with zero attached hydrogens (tertiary/aromatic N) is 1. The van der Waals surface area contributed by atoms with Crippen molar-refractivity contribution in [3.8, 4) is 0 Å². The number of rotatable bonds is 7. The number of hydrogen-bond donors (Lipinski definition) is 2. The number of thioether (sulfide) groups is 1. The Labute approximate surface area is 171 Å². The molecule has 0 amide bonds. The molecule has 2 fully saturated rings. The lowest BCUT2D eigenvalue weighted by Gasteiger charge is -2.36. The summed E-state index contributed by atoms with van der Waals surface area (Å²) >= 11 is 1.70. The molecule has 1 saturated heterocycles. The lowest BCUT2D eigenvalue weighted by Crippen LogP contribution is -2.41. The van der Waals surface area contributed by atoms with Crippen LogP contribution < -0.4 is 10.9 Å². The predicted molar refractivity (Wildman–Crippen MR) is 109 cm³/mol. The molecule has 0 spiro atoms. The second-order valence-corrected chi connectivity index (χ2v) is 8.76. The Morgan fingerprint density at radius 1 is 1.31 bits per heavy atom. The molecule has 1 aromatic heterocycles. The molecule has 0 unspecified atom stereocenters. The Kier molecular flexibility index (Phi) is 6.36. The second kappa shape index (κ2) is 8.97. The fourth-order valence-corrected chi connectivity index (χ4v) is 4.83. The highest BCUT2D eigenvalue weighted by molar-refractivity contribution is 7.99. The Morgan fingerprint density at radius 2 is 2.07 bits per heavy atom. The Bertz CT molecular complexity index is 927. The number of benzene rings is 1.